The highest BCUT2D eigenvalue weighted by Gasteiger charge is 2.32. The minimum Gasteiger partial charge on any atom is -0.465 e. The van der Waals surface area contributed by atoms with E-state index in [1.165, 1.54) is 0 Å². The van der Waals surface area contributed by atoms with Crippen molar-refractivity contribution >= 4 is 18.0 Å². The van der Waals surface area contributed by atoms with E-state index in [0.717, 1.165) is 0 Å². The Morgan fingerprint density at radius 3 is 2.31 bits per heavy atom. The summed E-state index contributed by atoms with van der Waals surface area (Å²) < 4.78 is 15.8. The van der Waals surface area contributed by atoms with Gasteiger partial charge in [-0.15, -0.1) is 0 Å². The second-order valence-electron chi connectivity index (χ2n) is 5.96. The van der Waals surface area contributed by atoms with Crippen LogP contribution < -0.4 is 10.6 Å². The Balaban J connectivity index is 2.26. The zero-order valence-electron chi connectivity index (χ0n) is 15.6. The van der Waals surface area contributed by atoms with Gasteiger partial charge in [-0.2, -0.15) is 0 Å². The molecular formula is C18H24N2O6. The van der Waals surface area contributed by atoms with Gasteiger partial charge in [0, 0.05) is 5.56 Å². The van der Waals surface area contributed by atoms with Crippen molar-refractivity contribution in [3.05, 3.63) is 33.9 Å². The molecule has 0 aliphatic carbocycles. The highest BCUT2D eigenvalue weighted by molar-refractivity contribution is 5.95. The van der Waals surface area contributed by atoms with Crippen LogP contribution in [0.15, 0.2) is 15.7 Å². The highest BCUT2D eigenvalue weighted by Crippen LogP contribution is 2.22. The fraction of sp³-hybridized carbons (Fsp3) is 0.500. The smallest absolute Gasteiger partial charge is 0.342 e. The zero-order chi connectivity index (χ0) is 19.4. The normalized spacial score (nSPS) is 16.8. The summed E-state index contributed by atoms with van der Waals surface area (Å²) in [5.74, 6) is -0.0229. The van der Waals surface area contributed by atoms with Crippen LogP contribution in [-0.4, -0.2) is 37.2 Å². The van der Waals surface area contributed by atoms with Crippen molar-refractivity contribution in [1.82, 2.24) is 10.6 Å². The number of hydrogen-bond acceptors (Lipinski definition) is 6. The van der Waals surface area contributed by atoms with Gasteiger partial charge in [-0.1, -0.05) is 6.92 Å². The summed E-state index contributed by atoms with van der Waals surface area (Å²) in [5, 5.41) is 5.20. The number of carbonyl (C=O) groups excluding carboxylic acids is 3. The molecule has 1 aromatic heterocycles. The lowest BCUT2D eigenvalue weighted by Gasteiger charge is -2.28. The Kier molecular flexibility index (Phi) is 6.07. The van der Waals surface area contributed by atoms with Gasteiger partial charge in [-0.05, 0) is 34.1 Å². The first-order chi connectivity index (χ1) is 12.3. The van der Waals surface area contributed by atoms with E-state index in [1.807, 2.05) is 6.92 Å². The maximum Gasteiger partial charge on any atom is 0.342 e. The molecule has 0 saturated heterocycles. The summed E-state index contributed by atoms with van der Waals surface area (Å²) in [4.78, 5) is 36.5. The average Bonchev–Trinajstić information content (AvgIpc) is 2.84. The lowest BCUT2D eigenvalue weighted by molar-refractivity contribution is -0.139. The number of furan rings is 1. The lowest BCUT2D eigenvalue weighted by atomic mass is 10.0. The second kappa shape index (κ2) is 8.07. The molecule has 0 saturated carbocycles. The number of amides is 2. The molecule has 0 spiro atoms. The van der Waals surface area contributed by atoms with Crippen LogP contribution >= 0.6 is 0 Å². The molecule has 142 valence electrons. The first-order valence-corrected chi connectivity index (χ1v) is 8.51. The van der Waals surface area contributed by atoms with Crippen LogP contribution in [0.2, 0.25) is 0 Å². The molecule has 0 radical (unpaired) electrons. The van der Waals surface area contributed by atoms with Gasteiger partial charge < -0.3 is 24.5 Å². The Bertz CT molecular complexity index is 762. The maximum atomic E-state index is 12.4. The molecular weight excluding hydrogens is 340 g/mol. The number of hydrogen-bond donors (Lipinski definition) is 2. The molecule has 1 atom stereocenters. The van der Waals surface area contributed by atoms with Gasteiger partial charge in [-0.25, -0.2) is 14.4 Å². The molecule has 1 aliphatic rings. The fourth-order valence-corrected chi connectivity index (χ4v) is 2.88. The summed E-state index contributed by atoms with van der Waals surface area (Å²) >= 11 is 0. The summed E-state index contributed by atoms with van der Waals surface area (Å²) in [5.41, 5.74) is 1.54. The number of urea groups is 1. The van der Waals surface area contributed by atoms with E-state index in [2.05, 4.69) is 10.6 Å². The number of carbonyl (C=O) groups is 3. The van der Waals surface area contributed by atoms with Crippen LogP contribution in [0.3, 0.4) is 0 Å². The number of nitrogens with one attached hydrogen (secondary N) is 2. The van der Waals surface area contributed by atoms with Crippen LogP contribution in [0.5, 0.6) is 0 Å². The Morgan fingerprint density at radius 2 is 1.77 bits per heavy atom. The van der Waals surface area contributed by atoms with Gasteiger partial charge in [0.05, 0.1) is 23.9 Å². The number of ether oxygens (including phenoxy) is 2. The van der Waals surface area contributed by atoms with Gasteiger partial charge in [0.1, 0.15) is 23.7 Å². The van der Waals surface area contributed by atoms with Crippen LogP contribution in [0.4, 0.5) is 4.79 Å². The lowest BCUT2D eigenvalue weighted by Crippen LogP contribution is -2.51. The number of esters is 2. The van der Waals surface area contributed by atoms with Crippen LogP contribution in [0.25, 0.3) is 0 Å². The SMILES string of the molecule is CCOC(=O)C1=C(COC(=O)c2c(C)oc(C)c2C)NC(=O)N[C@@H]1CC. The van der Waals surface area contributed by atoms with Crippen molar-refractivity contribution in [1.29, 1.82) is 0 Å². The monoisotopic (exact) mass is 364 g/mol. The highest BCUT2D eigenvalue weighted by atomic mass is 16.5. The van der Waals surface area contributed by atoms with Crippen LogP contribution in [0, 0.1) is 20.8 Å². The first kappa shape index (κ1) is 19.6. The largest absolute Gasteiger partial charge is 0.465 e. The summed E-state index contributed by atoms with van der Waals surface area (Å²) in [6.45, 7) is 8.69. The summed E-state index contributed by atoms with van der Waals surface area (Å²) in [6.07, 6.45) is 0.498. The average molecular weight is 364 g/mol. The molecule has 26 heavy (non-hydrogen) atoms. The Hall–Kier alpha value is -2.77. The number of aryl methyl sites for hydroxylation is 2. The van der Waals surface area contributed by atoms with E-state index in [0.29, 0.717) is 29.1 Å². The molecule has 1 aliphatic heterocycles. The van der Waals surface area contributed by atoms with E-state index in [1.54, 1.807) is 27.7 Å². The van der Waals surface area contributed by atoms with E-state index in [9.17, 15) is 14.4 Å². The van der Waals surface area contributed by atoms with E-state index >= 15 is 0 Å². The molecule has 0 aromatic carbocycles. The molecule has 2 amide bonds. The molecule has 0 bridgehead atoms. The fourth-order valence-electron chi connectivity index (χ4n) is 2.88. The first-order valence-electron chi connectivity index (χ1n) is 8.51. The second-order valence-corrected chi connectivity index (χ2v) is 5.96. The standard InChI is InChI=1S/C18H24N2O6/c1-6-12-15(17(22)24-7-2)13(20-18(23)19-12)8-25-16(21)14-9(3)10(4)26-11(14)5/h12H,6-8H2,1-5H3,(H2,19,20,23)/t12-/m1/s1. The predicted octanol–water partition coefficient (Wildman–Crippen LogP) is 2.27. The van der Waals surface area contributed by atoms with Crippen LogP contribution in [0.1, 0.15) is 47.7 Å². The molecule has 0 fully saturated rings. The minimum absolute atomic E-state index is 0.201. The van der Waals surface area contributed by atoms with Gasteiger partial charge >= 0.3 is 18.0 Å². The molecule has 2 heterocycles. The summed E-state index contributed by atoms with van der Waals surface area (Å²) in [6, 6.07) is -0.960. The minimum atomic E-state index is -0.576. The Labute approximate surface area is 151 Å². The van der Waals surface area contributed by atoms with Crippen molar-refractivity contribution in [3.8, 4) is 0 Å². The Morgan fingerprint density at radius 1 is 1.08 bits per heavy atom. The molecule has 2 rings (SSSR count). The molecule has 1 aromatic rings. The third-order valence-electron chi connectivity index (χ3n) is 4.26. The molecule has 8 nitrogen and oxygen atoms in total. The topological polar surface area (TPSA) is 107 Å². The van der Waals surface area contributed by atoms with Crippen molar-refractivity contribution < 1.29 is 28.3 Å². The van der Waals surface area contributed by atoms with Gasteiger partial charge in [-0.3, -0.25) is 0 Å². The summed E-state index contributed by atoms with van der Waals surface area (Å²) in [7, 11) is 0. The third kappa shape index (κ3) is 3.89. The number of rotatable bonds is 6. The van der Waals surface area contributed by atoms with E-state index in [4.69, 9.17) is 13.9 Å². The van der Waals surface area contributed by atoms with Gasteiger partial charge in [0.15, 0.2) is 0 Å². The van der Waals surface area contributed by atoms with Gasteiger partial charge in [0.2, 0.25) is 0 Å². The molecule has 2 N–H and O–H groups in total. The quantitative estimate of drug-likeness (QED) is 0.750. The van der Waals surface area contributed by atoms with Crippen molar-refractivity contribution in [2.75, 3.05) is 13.2 Å². The van der Waals surface area contributed by atoms with Crippen molar-refractivity contribution in [3.63, 3.8) is 0 Å². The van der Waals surface area contributed by atoms with E-state index < -0.39 is 24.0 Å². The molecule has 8 heteroatoms. The maximum absolute atomic E-state index is 12.4. The zero-order valence-corrected chi connectivity index (χ0v) is 15.6. The van der Waals surface area contributed by atoms with Crippen molar-refractivity contribution in [2.45, 2.75) is 47.1 Å². The van der Waals surface area contributed by atoms with Crippen molar-refractivity contribution in [2.24, 2.45) is 0 Å². The van der Waals surface area contributed by atoms with Gasteiger partial charge in [0.25, 0.3) is 0 Å². The van der Waals surface area contributed by atoms with E-state index in [-0.39, 0.29) is 24.5 Å². The van der Waals surface area contributed by atoms with Crippen LogP contribution in [-0.2, 0) is 14.3 Å². The molecule has 0 unspecified atom stereocenters. The third-order valence-corrected chi connectivity index (χ3v) is 4.26. The predicted molar refractivity (Wildman–Crippen MR) is 92.6 cm³/mol.